The van der Waals surface area contributed by atoms with E-state index in [2.05, 4.69) is 19.2 Å². The number of hydrogen-bond acceptors (Lipinski definition) is 4. The first-order chi connectivity index (χ1) is 15.0. The number of carbonyl (C=O) groups excluding carboxylic acids is 2. The van der Waals surface area contributed by atoms with Gasteiger partial charge in [-0.25, -0.2) is 0 Å². The molecular weight excluding hydrogens is 408 g/mol. The fourth-order valence-electron chi connectivity index (χ4n) is 5.14. The number of nitrogens with zero attached hydrogens (tertiary/aromatic N) is 1. The quantitative estimate of drug-likeness (QED) is 0.713. The third-order valence-electron chi connectivity index (χ3n) is 7.13. The molecule has 2 heterocycles. The number of ether oxygens (including phenoxy) is 1. The summed E-state index contributed by atoms with van der Waals surface area (Å²) >= 11 is 1.60. The maximum atomic E-state index is 13.8. The van der Waals surface area contributed by atoms with Gasteiger partial charge in [0.05, 0.1) is 18.6 Å². The SMILES string of the molecule is COCCN1C(=O)c2ccccc2[C@H](C(=O)N[C@@H]2CCC[C@H](C)[C@@H]2C)[C@H]1c1cccs1. The van der Waals surface area contributed by atoms with Crippen LogP contribution in [0.3, 0.4) is 0 Å². The summed E-state index contributed by atoms with van der Waals surface area (Å²) in [5.41, 5.74) is 1.45. The molecule has 0 saturated heterocycles. The van der Waals surface area contributed by atoms with Crippen LogP contribution in [-0.2, 0) is 9.53 Å². The van der Waals surface area contributed by atoms with Gasteiger partial charge in [0.15, 0.2) is 0 Å². The Morgan fingerprint density at radius 2 is 2.00 bits per heavy atom. The highest BCUT2D eigenvalue weighted by Gasteiger charge is 2.45. The highest BCUT2D eigenvalue weighted by molar-refractivity contribution is 7.10. The van der Waals surface area contributed by atoms with Crippen LogP contribution in [0.1, 0.15) is 65.9 Å². The molecule has 2 aliphatic rings. The average Bonchev–Trinajstić information content (AvgIpc) is 3.30. The van der Waals surface area contributed by atoms with Gasteiger partial charge in [-0.2, -0.15) is 0 Å². The highest BCUT2D eigenvalue weighted by Crippen LogP contribution is 2.44. The fourth-order valence-corrected chi connectivity index (χ4v) is 6.02. The molecule has 5 nitrogen and oxygen atoms in total. The summed E-state index contributed by atoms with van der Waals surface area (Å²) in [6.07, 6.45) is 3.38. The normalized spacial score (nSPS) is 28.3. The van der Waals surface area contributed by atoms with Crippen molar-refractivity contribution in [1.29, 1.82) is 0 Å². The van der Waals surface area contributed by atoms with Crippen molar-refractivity contribution in [3.05, 3.63) is 57.8 Å². The predicted octanol–water partition coefficient (Wildman–Crippen LogP) is 4.62. The van der Waals surface area contributed by atoms with E-state index in [9.17, 15) is 9.59 Å². The Hall–Kier alpha value is -2.18. The van der Waals surface area contributed by atoms with Crippen molar-refractivity contribution in [3.8, 4) is 0 Å². The number of amides is 2. The Balaban J connectivity index is 1.73. The smallest absolute Gasteiger partial charge is 0.254 e. The van der Waals surface area contributed by atoms with Gasteiger partial charge in [0.25, 0.3) is 5.91 Å². The maximum Gasteiger partial charge on any atom is 0.254 e. The molecule has 5 atom stereocenters. The summed E-state index contributed by atoms with van der Waals surface area (Å²) in [5.74, 6) is 0.601. The van der Waals surface area contributed by atoms with E-state index >= 15 is 0 Å². The highest BCUT2D eigenvalue weighted by atomic mass is 32.1. The van der Waals surface area contributed by atoms with Crippen LogP contribution in [0.25, 0.3) is 0 Å². The van der Waals surface area contributed by atoms with E-state index in [1.807, 2.05) is 46.7 Å². The van der Waals surface area contributed by atoms with Crippen LogP contribution >= 0.6 is 11.3 Å². The Morgan fingerprint density at radius 3 is 2.74 bits per heavy atom. The second kappa shape index (κ2) is 9.53. The number of carbonyl (C=O) groups is 2. The molecule has 1 saturated carbocycles. The number of methoxy groups -OCH3 is 1. The Labute approximate surface area is 188 Å². The number of fused-ring (bicyclic) bond motifs is 1. The van der Waals surface area contributed by atoms with Gasteiger partial charge in [-0.3, -0.25) is 9.59 Å². The van der Waals surface area contributed by atoms with Gasteiger partial charge in [-0.1, -0.05) is 51.0 Å². The fraction of sp³-hybridized carbons (Fsp3) is 0.520. The van der Waals surface area contributed by atoms with Crippen LogP contribution < -0.4 is 5.32 Å². The van der Waals surface area contributed by atoms with Gasteiger partial charge in [0.1, 0.15) is 0 Å². The molecule has 1 fully saturated rings. The van der Waals surface area contributed by atoms with Crippen molar-refractivity contribution in [2.24, 2.45) is 11.8 Å². The summed E-state index contributed by atoms with van der Waals surface area (Å²) < 4.78 is 5.30. The van der Waals surface area contributed by atoms with Crippen LogP contribution in [0.5, 0.6) is 0 Å². The monoisotopic (exact) mass is 440 g/mol. The molecule has 0 bridgehead atoms. The minimum Gasteiger partial charge on any atom is -0.383 e. The van der Waals surface area contributed by atoms with E-state index in [0.29, 0.717) is 30.6 Å². The number of hydrogen-bond donors (Lipinski definition) is 1. The van der Waals surface area contributed by atoms with Gasteiger partial charge in [-0.15, -0.1) is 11.3 Å². The molecule has 4 rings (SSSR count). The van der Waals surface area contributed by atoms with Crippen molar-refractivity contribution in [1.82, 2.24) is 10.2 Å². The first kappa shape index (κ1) is 22.0. The van der Waals surface area contributed by atoms with Crippen LogP contribution in [-0.4, -0.2) is 43.0 Å². The van der Waals surface area contributed by atoms with E-state index < -0.39 is 5.92 Å². The molecule has 2 aromatic rings. The predicted molar refractivity (Wildman–Crippen MR) is 123 cm³/mol. The zero-order valence-corrected chi connectivity index (χ0v) is 19.4. The van der Waals surface area contributed by atoms with E-state index in [0.717, 1.165) is 23.3 Å². The number of rotatable bonds is 6. The molecule has 1 aliphatic heterocycles. The largest absolute Gasteiger partial charge is 0.383 e. The second-order valence-corrected chi connectivity index (χ2v) is 9.88. The van der Waals surface area contributed by atoms with Gasteiger partial charge in [0, 0.05) is 30.1 Å². The van der Waals surface area contributed by atoms with Gasteiger partial charge >= 0.3 is 0 Å². The molecule has 1 aliphatic carbocycles. The summed E-state index contributed by atoms with van der Waals surface area (Å²) in [7, 11) is 1.64. The summed E-state index contributed by atoms with van der Waals surface area (Å²) in [4.78, 5) is 30.1. The minimum absolute atomic E-state index is 0.0201. The zero-order valence-electron chi connectivity index (χ0n) is 18.5. The van der Waals surface area contributed by atoms with Crippen molar-refractivity contribution in [2.75, 3.05) is 20.3 Å². The topological polar surface area (TPSA) is 58.6 Å². The van der Waals surface area contributed by atoms with Crippen LogP contribution in [0.2, 0.25) is 0 Å². The van der Waals surface area contributed by atoms with E-state index in [4.69, 9.17) is 4.74 Å². The van der Waals surface area contributed by atoms with Gasteiger partial charge in [0.2, 0.25) is 5.91 Å². The van der Waals surface area contributed by atoms with Crippen molar-refractivity contribution >= 4 is 23.2 Å². The zero-order chi connectivity index (χ0) is 22.0. The molecule has 1 aromatic carbocycles. The first-order valence-corrected chi connectivity index (χ1v) is 12.1. The number of thiophene rings is 1. The average molecular weight is 441 g/mol. The molecule has 0 unspecified atom stereocenters. The summed E-state index contributed by atoms with van der Waals surface area (Å²) in [6.45, 7) is 5.40. The van der Waals surface area contributed by atoms with E-state index in [-0.39, 0.29) is 23.9 Å². The Morgan fingerprint density at radius 1 is 1.19 bits per heavy atom. The summed E-state index contributed by atoms with van der Waals surface area (Å²) in [6, 6.07) is 11.4. The Bertz CT molecular complexity index is 913. The van der Waals surface area contributed by atoms with Crippen LogP contribution in [0.4, 0.5) is 0 Å². The molecule has 31 heavy (non-hydrogen) atoms. The lowest BCUT2D eigenvalue weighted by Crippen LogP contribution is -2.51. The number of nitrogens with one attached hydrogen (secondary N) is 1. The van der Waals surface area contributed by atoms with Crippen LogP contribution in [0, 0.1) is 11.8 Å². The molecule has 6 heteroatoms. The molecule has 1 N–H and O–H groups in total. The van der Waals surface area contributed by atoms with Gasteiger partial charge < -0.3 is 15.0 Å². The molecule has 2 amide bonds. The molecule has 166 valence electrons. The molecule has 0 spiro atoms. The number of benzene rings is 1. The lowest BCUT2D eigenvalue weighted by Gasteiger charge is -2.42. The molecular formula is C25H32N2O3S. The lowest BCUT2D eigenvalue weighted by atomic mass is 9.77. The minimum atomic E-state index is -0.436. The third kappa shape index (κ3) is 4.28. The van der Waals surface area contributed by atoms with E-state index in [1.54, 1.807) is 18.4 Å². The van der Waals surface area contributed by atoms with Crippen molar-refractivity contribution < 1.29 is 14.3 Å². The molecule has 0 radical (unpaired) electrons. The van der Waals surface area contributed by atoms with Crippen LogP contribution in [0.15, 0.2) is 41.8 Å². The van der Waals surface area contributed by atoms with E-state index in [1.165, 1.54) is 6.42 Å². The third-order valence-corrected chi connectivity index (χ3v) is 8.07. The summed E-state index contributed by atoms with van der Waals surface area (Å²) in [5, 5.41) is 5.40. The standard InChI is InChI=1S/C25H32N2O3S/c1-16-8-6-11-20(17(16)2)26-24(28)22-18-9-4-5-10-19(18)25(29)27(13-14-30-3)23(22)21-12-7-15-31-21/h4-5,7,9-10,12,15-17,20,22-23H,6,8,11,13-14H2,1-3H3,(H,26,28)/t16-,17-,20+,22-,23+/m0/s1. The molecule has 1 aromatic heterocycles. The van der Waals surface area contributed by atoms with Gasteiger partial charge in [-0.05, 0) is 41.3 Å². The second-order valence-electron chi connectivity index (χ2n) is 8.90. The Kier molecular flexibility index (Phi) is 6.77. The first-order valence-electron chi connectivity index (χ1n) is 11.3. The maximum absolute atomic E-state index is 13.8. The van der Waals surface area contributed by atoms with Crippen molar-refractivity contribution in [3.63, 3.8) is 0 Å². The van der Waals surface area contributed by atoms with Crippen molar-refractivity contribution in [2.45, 2.75) is 51.1 Å². The lowest BCUT2D eigenvalue weighted by molar-refractivity contribution is -0.125.